The van der Waals surface area contributed by atoms with Crippen LogP contribution in [-0.2, 0) is 14.3 Å². The van der Waals surface area contributed by atoms with Gasteiger partial charge < -0.3 is 9.47 Å². The molecule has 2 aromatic carbocycles. The molecular weight excluding hydrogens is 424 g/mol. The molecule has 0 radical (unpaired) electrons. The second kappa shape index (κ2) is 9.53. The van der Waals surface area contributed by atoms with Crippen LogP contribution in [0.15, 0.2) is 53.9 Å². The number of fused-ring (bicyclic) bond motifs is 1. The van der Waals surface area contributed by atoms with Crippen LogP contribution in [-0.4, -0.2) is 36.1 Å². The number of hydrogen-bond acceptors (Lipinski definition) is 6. The van der Waals surface area contributed by atoms with Gasteiger partial charge in [-0.25, -0.2) is 9.78 Å². The standard InChI is InChI=1S/C25H26N2O4S/c1-16(2)11-12-30-25(29)17(3)27-21-13-19(9-10-22(21)31-14-23(27)28)20-15-32-24(26-20)18-7-5-4-6-8-18/h4-10,13,15-17H,11-12,14H2,1-3H3. The third-order valence-corrected chi connectivity index (χ3v) is 6.22. The number of benzene rings is 2. The van der Waals surface area contributed by atoms with Gasteiger partial charge in [-0.15, -0.1) is 11.3 Å². The lowest BCUT2D eigenvalue weighted by molar-refractivity contribution is -0.146. The fourth-order valence-corrected chi connectivity index (χ4v) is 4.33. The number of aromatic nitrogens is 1. The maximum atomic E-state index is 12.7. The van der Waals surface area contributed by atoms with Crippen LogP contribution >= 0.6 is 11.3 Å². The first kappa shape index (κ1) is 22.0. The van der Waals surface area contributed by atoms with Gasteiger partial charge in [0, 0.05) is 16.5 Å². The van der Waals surface area contributed by atoms with Crippen molar-refractivity contribution in [3.63, 3.8) is 0 Å². The Balaban J connectivity index is 1.60. The van der Waals surface area contributed by atoms with Crippen molar-refractivity contribution < 1.29 is 19.1 Å². The summed E-state index contributed by atoms with van der Waals surface area (Å²) in [6, 6.07) is 14.8. The van der Waals surface area contributed by atoms with Crippen molar-refractivity contribution in [2.75, 3.05) is 18.1 Å². The van der Waals surface area contributed by atoms with Gasteiger partial charge in [0.25, 0.3) is 5.91 Å². The van der Waals surface area contributed by atoms with E-state index in [9.17, 15) is 9.59 Å². The van der Waals surface area contributed by atoms with Gasteiger partial charge in [-0.2, -0.15) is 0 Å². The van der Waals surface area contributed by atoms with Crippen molar-refractivity contribution in [3.8, 4) is 27.6 Å². The van der Waals surface area contributed by atoms with E-state index in [4.69, 9.17) is 14.5 Å². The monoisotopic (exact) mass is 450 g/mol. The van der Waals surface area contributed by atoms with Crippen molar-refractivity contribution in [1.29, 1.82) is 0 Å². The summed E-state index contributed by atoms with van der Waals surface area (Å²) in [7, 11) is 0. The number of esters is 1. The van der Waals surface area contributed by atoms with Crippen LogP contribution < -0.4 is 9.64 Å². The van der Waals surface area contributed by atoms with Crippen LogP contribution in [0.2, 0.25) is 0 Å². The van der Waals surface area contributed by atoms with Crippen molar-refractivity contribution >= 4 is 28.9 Å². The molecule has 166 valence electrons. The Morgan fingerprint density at radius 2 is 1.94 bits per heavy atom. The Morgan fingerprint density at radius 1 is 1.16 bits per heavy atom. The molecule has 0 N–H and O–H groups in total. The molecule has 0 spiro atoms. The lowest BCUT2D eigenvalue weighted by atomic mass is 10.1. The highest BCUT2D eigenvalue weighted by atomic mass is 32.1. The lowest BCUT2D eigenvalue weighted by Gasteiger charge is -2.33. The predicted molar refractivity (Wildman–Crippen MR) is 126 cm³/mol. The summed E-state index contributed by atoms with van der Waals surface area (Å²) in [5, 5.41) is 2.91. The number of carbonyl (C=O) groups is 2. The summed E-state index contributed by atoms with van der Waals surface area (Å²) in [5.74, 6) is 0.308. The van der Waals surface area contributed by atoms with Crippen LogP contribution in [0.4, 0.5) is 5.69 Å². The highest BCUT2D eigenvalue weighted by Gasteiger charge is 2.34. The van der Waals surface area contributed by atoms with Gasteiger partial charge in [0.1, 0.15) is 16.8 Å². The van der Waals surface area contributed by atoms with Gasteiger partial charge >= 0.3 is 5.97 Å². The van der Waals surface area contributed by atoms with E-state index in [1.165, 1.54) is 4.90 Å². The third-order valence-electron chi connectivity index (χ3n) is 5.33. The van der Waals surface area contributed by atoms with E-state index in [1.807, 2.05) is 53.9 Å². The average molecular weight is 451 g/mol. The summed E-state index contributed by atoms with van der Waals surface area (Å²) in [5.41, 5.74) is 3.27. The molecule has 3 aromatic rings. The number of amides is 1. The molecule has 0 aliphatic carbocycles. The molecule has 1 aromatic heterocycles. The van der Waals surface area contributed by atoms with Crippen molar-refractivity contribution in [2.24, 2.45) is 5.92 Å². The zero-order valence-corrected chi connectivity index (χ0v) is 19.2. The fraction of sp³-hybridized carbons (Fsp3) is 0.320. The van der Waals surface area contributed by atoms with E-state index in [2.05, 4.69) is 13.8 Å². The molecule has 1 aliphatic heterocycles. The summed E-state index contributed by atoms with van der Waals surface area (Å²) in [4.78, 5) is 31.6. The minimum atomic E-state index is -0.747. The topological polar surface area (TPSA) is 68.7 Å². The number of rotatable bonds is 7. The van der Waals surface area contributed by atoms with Crippen LogP contribution in [0.5, 0.6) is 5.75 Å². The summed E-state index contributed by atoms with van der Waals surface area (Å²) >= 11 is 1.56. The molecule has 0 fully saturated rings. The Morgan fingerprint density at radius 3 is 2.69 bits per heavy atom. The number of thiazole rings is 1. The van der Waals surface area contributed by atoms with E-state index in [0.29, 0.717) is 24.0 Å². The van der Waals surface area contributed by atoms with Crippen molar-refractivity contribution in [2.45, 2.75) is 33.2 Å². The highest BCUT2D eigenvalue weighted by Crippen LogP contribution is 2.38. The molecule has 32 heavy (non-hydrogen) atoms. The van der Waals surface area contributed by atoms with Crippen LogP contribution in [0, 0.1) is 5.92 Å². The molecule has 7 heteroatoms. The molecule has 1 aliphatic rings. The molecule has 0 saturated heterocycles. The molecule has 0 saturated carbocycles. The molecule has 6 nitrogen and oxygen atoms in total. The largest absolute Gasteiger partial charge is 0.482 e. The van der Waals surface area contributed by atoms with Crippen molar-refractivity contribution in [3.05, 3.63) is 53.9 Å². The first-order valence-corrected chi connectivity index (χ1v) is 11.6. The van der Waals surface area contributed by atoms with Gasteiger partial charge in [0.2, 0.25) is 0 Å². The zero-order chi connectivity index (χ0) is 22.7. The summed E-state index contributed by atoms with van der Waals surface area (Å²) in [6.07, 6.45) is 0.782. The first-order valence-electron chi connectivity index (χ1n) is 10.7. The summed E-state index contributed by atoms with van der Waals surface area (Å²) < 4.78 is 11.0. The predicted octanol–water partition coefficient (Wildman–Crippen LogP) is 5.18. The average Bonchev–Trinajstić information content (AvgIpc) is 3.29. The SMILES string of the molecule is CC(C)CCOC(=O)C(C)N1C(=O)COc2ccc(-c3csc(-c4ccccc4)n3)cc21. The number of anilines is 1. The molecule has 1 amide bonds. The lowest BCUT2D eigenvalue weighted by Crippen LogP contribution is -2.48. The van der Waals surface area contributed by atoms with E-state index in [-0.39, 0.29) is 12.5 Å². The summed E-state index contributed by atoms with van der Waals surface area (Å²) in [6.45, 7) is 6.07. The highest BCUT2D eigenvalue weighted by molar-refractivity contribution is 7.13. The maximum Gasteiger partial charge on any atom is 0.328 e. The number of nitrogens with zero attached hydrogens (tertiary/aromatic N) is 2. The van der Waals surface area contributed by atoms with E-state index < -0.39 is 12.0 Å². The minimum absolute atomic E-state index is 0.106. The first-order chi connectivity index (χ1) is 15.4. The second-order valence-electron chi connectivity index (χ2n) is 8.16. The third kappa shape index (κ3) is 4.67. The molecular formula is C25H26N2O4S. The van der Waals surface area contributed by atoms with E-state index >= 15 is 0 Å². The van der Waals surface area contributed by atoms with Gasteiger partial charge in [-0.1, -0.05) is 44.2 Å². The molecule has 2 heterocycles. The van der Waals surface area contributed by atoms with Crippen LogP contribution in [0.25, 0.3) is 21.8 Å². The minimum Gasteiger partial charge on any atom is -0.482 e. The molecule has 1 atom stereocenters. The fourth-order valence-electron chi connectivity index (χ4n) is 3.50. The zero-order valence-electron chi connectivity index (χ0n) is 18.4. The molecule has 4 rings (SSSR count). The Kier molecular flexibility index (Phi) is 6.55. The van der Waals surface area contributed by atoms with Crippen LogP contribution in [0.3, 0.4) is 0 Å². The van der Waals surface area contributed by atoms with Crippen molar-refractivity contribution in [1.82, 2.24) is 4.98 Å². The molecule has 1 unspecified atom stereocenters. The smallest absolute Gasteiger partial charge is 0.328 e. The number of ether oxygens (including phenoxy) is 2. The van der Waals surface area contributed by atoms with E-state index in [0.717, 1.165) is 28.2 Å². The van der Waals surface area contributed by atoms with E-state index in [1.54, 1.807) is 18.3 Å². The normalized spacial score (nSPS) is 14.1. The van der Waals surface area contributed by atoms with Gasteiger partial charge in [-0.05, 0) is 37.5 Å². The van der Waals surface area contributed by atoms with Gasteiger partial charge in [0.05, 0.1) is 18.0 Å². The Hall–Kier alpha value is -3.19. The Labute approximate surface area is 191 Å². The maximum absolute atomic E-state index is 12.7. The Bertz CT molecular complexity index is 1110. The van der Waals surface area contributed by atoms with Gasteiger partial charge in [-0.3, -0.25) is 9.69 Å². The number of carbonyl (C=O) groups excluding carboxylic acids is 2. The second-order valence-corrected chi connectivity index (χ2v) is 9.02. The van der Waals surface area contributed by atoms with Crippen LogP contribution in [0.1, 0.15) is 27.2 Å². The quantitative estimate of drug-likeness (QED) is 0.464. The number of hydrogen-bond donors (Lipinski definition) is 0. The van der Waals surface area contributed by atoms with Gasteiger partial charge in [0.15, 0.2) is 6.61 Å². The molecule has 0 bridgehead atoms.